The van der Waals surface area contributed by atoms with Crippen LogP contribution in [0.5, 0.6) is 11.5 Å². The lowest BCUT2D eigenvalue weighted by Gasteiger charge is -2.11. The predicted molar refractivity (Wildman–Crippen MR) is 114 cm³/mol. The number of benzene rings is 2. The predicted octanol–water partition coefficient (Wildman–Crippen LogP) is 3.98. The van der Waals surface area contributed by atoms with Crippen molar-refractivity contribution in [2.24, 2.45) is 0 Å². The minimum Gasteiger partial charge on any atom is -0.493 e. The molecule has 1 N–H and O–H groups in total. The fourth-order valence-electron chi connectivity index (χ4n) is 2.88. The van der Waals surface area contributed by atoms with Crippen LogP contribution in [0.15, 0.2) is 58.1 Å². The number of aryl methyl sites for hydroxylation is 1. The molecule has 28 heavy (non-hydrogen) atoms. The van der Waals surface area contributed by atoms with Gasteiger partial charge in [-0.25, -0.2) is 4.98 Å². The third-order valence-corrected chi connectivity index (χ3v) is 5.30. The molecule has 0 aliphatic rings. The van der Waals surface area contributed by atoms with Gasteiger partial charge in [0.1, 0.15) is 0 Å². The number of ether oxygens (including phenoxy) is 2. The Morgan fingerprint density at radius 1 is 1.11 bits per heavy atom. The van der Waals surface area contributed by atoms with Crippen LogP contribution in [0.4, 0.5) is 5.82 Å². The summed E-state index contributed by atoms with van der Waals surface area (Å²) < 4.78 is 13.2. The van der Waals surface area contributed by atoms with Crippen molar-refractivity contribution in [3.05, 3.63) is 74.7 Å². The van der Waals surface area contributed by atoms with E-state index in [1.807, 2.05) is 43.3 Å². The van der Waals surface area contributed by atoms with Gasteiger partial charge >= 0.3 is 0 Å². The first-order valence-corrected chi connectivity index (χ1v) is 9.61. The summed E-state index contributed by atoms with van der Waals surface area (Å²) in [4.78, 5) is 17.0. The molecule has 0 saturated heterocycles. The second-order valence-corrected chi connectivity index (χ2v) is 7.10. The Balaban J connectivity index is 1.73. The van der Waals surface area contributed by atoms with Gasteiger partial charge in [0.15, 0.2) is 17.3 Å². The van der Waals surface area contributed by atoms with Crippen molar-refractivity contribution in [3.63, 3.8) is 0 Å². The van der Waals surface area contributed by atoms with Crippen LogP contribution in [-0.2, 0) is 6.42 Å². The average molecular weight is 444 g/mol. The lowest BCUT2D eigenvalue weighted by Crippen LogP contribution is -2.24. The van der Waals surface area contributed by atoms with Gasteiger partial charge in [0, 0.05) is 29.1 Å². The Morgan fingerprint density at radius 3 is 2.61 bits per heavy atom. The SMILES string of the molecule is COc1ccc(CCNc2nccn(-c3ccc(Br)c(C)c3)c2=O)cc1OC. The van der Waals surface area contributed by atoms with Crippen molar-refractivity contribution in [1.29, 1.82) is 0 Å². The Labute approximate surface area is 172 Å². The summed E-state index contributed by atoms with van der Waals surface area (Å²) in [6, 6.07) is 11.6. The van der Waals surface area contributed by atoms with Gasteiger partial charge in [-0.1, -0.05) is 22.0 Å². The summed E-state index contributed by atoms with van der Waals surface area (Å²) in [5, 5.41) is 3.14. The lowest BCUT2D eigenvalue weighted by atomic mass is 10.1. The smallest absolute Gasteiger partial charge is 0.297 e. The van der Waals surface area contributed by atoms with Crippen molar-refractivity contribution >= 4 is 21.7 Å². The van der Waals surface area contributed by atoms with Crippen LogP contribution in [0.25, 0.3) is 5.69 Å². The van der Waals surface area contributed by atoms with E-state index in [0.717, 1.165) is 21.3 Å². The molecule has 0 amide bonds. The fraction of sp³-hybridized carbons (Fsp3) is 0.238. The molecule has 1 aromatic heterocycles. The Bertz CT molecular complexity index is 1030. The zero-order valence-corrected chi connectivity index (χ0v) is 17.6. The number of methoxy groups -OCH3 is 2. The van der Waals surface area contributed by atoms with Gasteiger partial charge in [-0.2, -0.15) is 0 Å². The van der Waals surface area contributed by atoms with Crippen LogP contribution >= 0.6 is 15.9 Å². The summed E-state index contributed by atoms with van der Waals surface area (Å²) in [5.74, 6) is 1.70. The van der Waals surface area contributed by atoms with E-state index in [2.05, 4.69) is 26.2 Å². The summed E-state index contributed by atoms with van der Waals surface area (Å²) in [7, 11) is 3.22. The molecule has 0 aliphatic heterocycles. The highest BCUT2D eigenvalue weighted by Gasteiger charge is 2.08. The number of nitrogens with one attached hydrogen (secondary N) is 1. The van der Waals surface area contributed by atoms with Crippen LogP contribution in [0.1, 0.15) is 11.1 Å². The van der Waals surface area contributed by atoms with E-state index in [4.69, 9.17) is 9.47 Å². The Morgan fingerprint density at radius 2 is 1.89 bits per heavy atom. The molecule has 0 aliphatic carbocycles. The molecule has 0 saturated carbocycles. The quantitative estimate of drug-likeness (QED) is 0.598. The van der Waals surface area contributed by atoms with Gasteiger partial charge in [0.2, 0.25) is 0 Å². The zero-order valence-electron chi connectivity index (χ0n) is 16.0. The second-order valence-electron chi connectivity index (χ2n) is 6.25. The molecule has 0 spiro atoms. The summed E-state index contributed by atoms with van der Waals surface area (Å²) in [6.07, 6.45) is 4.01. The first kappa shape index (κ1) is 19.9. The molecule has 0 atom stereocenters. The summed E-state index contributed by atoms with van der Waals surface area (Å²) in [5.41, 5.74) is 2.75. The molecule has 1 heterocycles. The van der Waals surface area contributed by atoms with Crippen LogP contribution in [0.2, 0.25) is 0 Å². The van der Waals surface area contributed by atoms with E-state index >= 15 is 0 Å². The minimum atomic E-state index is -0.184. The molecule has 3 rings (SSSR count). The first-order valence-electron chi connectivity index (χ1n) is 8.82. The van der Waals surface area contributed by atoms with Crippen LogP contribution < -0.4 is 20.3 Å². The molecule has 2 aromatic carbocycles. The number of rotatable bonds is 7. The van der Waals surface area contributed by atoms with E-state index in [1.54, 1.807) is 31.2 Å². The molecule has 0 radical (unpaired) electrons. The second kappa shape index (κ2) is 8.93. The van der Waals surface area contributed by atoms with E-state index in [-0.39, 0.29) is 5.56 Å². The van der Waals surface area contributed by atoms with Crippen molar-refractivity contribution in [2.75, 3.05) is 26.1 Å². The topological polar surface area (TPSA) is 65.4 Å². The molecule has 7 heteroatoms. The third-order valence-electron chi connectivity index (χ3n) is 4.41. The van der Waals surface area contributed by atoms with E-state index in [9.17, 15) is 4.79 Å². The normalized spacial score (nSPS) is 10.6. The maximum absolute atomic E-state index is 12.8. The van der Waals surface area contributed by atoms with Gasteiger partial charge in [-0.3, -0.25) is 9.36 Å². The molecule has 0 bridgehead atoms. The molecular weight excluding hydrogens is 422 g/mol. The summed E-state index contributed by atoms with van der Waals surface area (Å²) >= 11 is 3.48. The maximum Gasteiger partial charge on any atom is 0.297 e. The van der Waals surface area contributed by atoms with Gasteiger partial charge in [-0.05, 0) is 54.8 Å². The van der Waals surface area contributed by atoms with E-state index in [0.29, 0.717) is 30.3 Å². The number of aromatic nitrogens is 2. The van der Waals surface area contributed by atoms with Gasteiger partial charge in [-0.15, -0.1) is 0 Å². The molecule has 6 nitrogen and oxygen atoms in total. The first-order chi connectivity index (χ1) is 13.5. The van der Waals surface area contributed by atoms with Crippen LogP contribution in [0, 0.1) is 6.92 Å². The highest BCUT2D eigenvalue weighted by atomic mass is 79.9. The lowest BCUT2D eigenvalue weighted by molar-refractivity contribution is 0.354. The maximum atomic E-state index is 12.8. The molecule has 3 aromatic rings. The van der Waals surface area contributed by atoms with Crippen molar-refractivity contribution < 1.29 is 9.47 Å². The highest BCUT2D eigenvalue weighted by molar-refractivity contribution is 9.10. The third kappa shape index (κ3) is 4.36. The van der Waals surface area contributed by atoms with E-state index < -0.39 is 0 Å². The van der Waals surface area contributed by atoms with E-state index in [1.165, 1.54) is 0 Å². The monoisotopic (exact) mass is 443 g/mol. The molecular formula is C21H22BrN3O3. The van der Waals surface area contributed by atoms with Crippen molar-refractivity contribution in [1.82, 2.24) is 9.55 Å². The Hall–Kier alpha value is -2.80. The highest BCUT2D eigenvalue weighted by Crippen LogP contribution is 2.27. The van der Waals surface area contributed by atoms with Gasteiger partial charge < -0.3 is 14.8 Å². The largest absolute Gasteiger partial charge is 0.493 e. The van der Waals surface area contributed by atoms with Gasteiger partial charge in [0.05, 0.1) is 14.2 Å². The van der Waals surface area contributed by atoms with Gasteiger partial charge in [0.25, 0.3) is 5.56 Å². The fourth-order valence-corrected chi connectivity index (χ4v) is 3.12. The number of hydrogen-bond acceptors (Lipinski definition) is 5. The average Bonchev–Trinajstić information content (AvgIpc) is 2.71. The minimum absolute atomic E-state index is 0.184. The number of anilines is 1. The Kier molecular flexibility index (Phi) is 6.36. The summed E-state index contributed by atoms with van der Waals surface area (Å²) in [6.45, 7) is 2.56. The number of nitrogens with zero attached hydrogens (tertiary/aromatic N) is 2. The number of hydrogen-bond donors (Lipinski definition) is 1. The molecule has 0 unspecified atom stereocenters. The van der Waals surface area contributed by atoms with Crippen molar-refractivity contribution in [3.8, 4) is 17.2 Å². The van der Waals surface area contributed by atoms with Crippen LogP contribution in [-0.4, -0.2) is 30.3 Å². The molecule has 0 fully saturated rings. The van der Waals surface area contributed by atoms with Crippen LogP contribution in [0.3, 0.4) is 0 Å². The van der Waals surface area contributed by atoms with Crippen molar-refractivity contribution in [2.45, 2.75) is 13.3 Å². The molecule has 146 valence electrons. The zero-order chi connectivity index (χ0) is 20.1. The standard InChI is InChI=1S/C21H22BrN3O3/c1-14-12-16(5-6-17(14)22)25-11-10-24-20(21(25)26)23-9-8-15-4-7-18(27-2)19(13-15)28-3/h4-7,10-13H,8-9H2,1-3H3,(H,23,24). The number of halogens is 1.